The second-order valence-corrected chi connectivity index (χ2v) is 11.9. The van der Waals surface area contributed by atoms with Crippen LogP contribution in [-0.4, -0.2) is 28.0 Å². The highest BCUT2D eigenvalue weighted by Gasteiger charge is 2.39. The lowest BCUT2D eigenvalue weighted by Crippen LogP contribution is -2.43. The SMILES string of the molecule is CCOC(=O)CCc1ccc(O[Si](C)(C)C(C)(C)C)c(OC)c1. The standard InChI is InChI=1S/C18H30O4Si/c1-8-21-17(19)12-10-14-9-11-15(16(13-14)20-5)22-23(6,7)18(2,3)4/h9,11,13H,8,10,12H2,1-7H3. The van der Waals surface area contributed by atoms with Crippen LogP contribution < -0.4 is 9.16 Å². The van der Waals surface area contributed by atoms with Gasteiger partial charge in [0.15, 0.2) is 5.75 Å². The van der Waals surface area contributed by atoms with Crippen LogP contribution in [0.2, 0.25) is 18.1 Å². The van der Waals surface area contributed by atoms with Crippen molar-refractivity contribution < 1.29 is 18.7 Å². The Morgan fingerprint density at radius 1 is 1.17 bits per heavy atom. The van der Waals surface area contributed by atoms with Crippen LogP contribution in [0.4, 0.5) is 0 Å². The van der Waals surface area contributed by atoms with Gasteiger partial charge in [-0.1, -0.05) is 26.8 Å². The number of methoxy groups -OCH3 is 1. The Morgan fingerprint density at radius 3 is 2.35 bits per heavy atom. The Hall–Kier alpha value is -1.49. The summed E-state index contributed by atoms with van der Waals surface area (Å²) in [5.41, 5.74) is 1.04. The fourth-order valence-electron chi connectivity index (χ4n) is 1.86. The van der Waals surface area contributed by atoms with Gasteiger partial charge >= 0.3 is 5.97 Å². The second kappa shape index (κ2) is 7.86. The summed E-state index contributed by atoms with van der Waals surface area (Å²) in [5.74, 6) is 1.32. The summed E-state index contributed by atoms with van der Waals surface area (Å²) in [5, 5.41) is 0.126. The van der Waals surface area contributed by atoms with Crippen LogP contribution in [0.25, 0.3) is 0 Å². The largest absolute Gasteiger partial charge is 0.541 e. The Kier molecular flexibility index (Phi) is 6.68. The third-order valence-corrected chi connectivity index (χ3v) is 8.67. The van der Waals surface area contributed by atoms with Gasteiger partial charge in [0.2, 0.25) is 0 Å². The molecule has 0 aliphatic rings. The van der Waals surface area contributed by atoms with Crippen molar-refractivity contribution in [2.45, 2.75) is 58.7 Å². The number of benzene rings is 1. The highest BCUT2D eigenvalue weighted by Crippen LogP contribution is 2.40. The van der Waals surface area contributed by atoms with Gasteiger partial charge < -0.3 is 13.9 Å². The highest BCUT2D eigenvalue weighted by molar-refractivity contribution is 6.74. The van der Waals surface area contributed by atoms with Gasteiger partial charge in [0.25, 0.3) is 8.32 Å². The van der Waals surface area contributed by atoms with E-state index in [-0.39, 0.29) is 11.0 Å². The molecule has 5 heteroatoms. The van der Waals surface area contributed by atoms with Crippen LogP contribution in [0.5, 0.6) is 11.5 Å². The molecule has 0 radical (unpaired) electrons. The van der Waals surface area contributed by atoms with Gasteiger partial charge in [-0.3, -0.25) is 4.79 Å². The average Bonchev–Trinajstić information content (AvgIpc) is 2.45. The lowest BCUT2D eigenvalue weighted by Gasteiger charge is -2.36. The van der Waals surface area contributed by atoms with Gasteiger partial charge in [0, 0.05) is 6.42 Å². The van der Waals surface area contributed by atoms with E-state index < -0.39 is 8.32 Å². The smallest absolute Gasteiger partial charge is 0.306 e. The molecule has 0 amide bonds. The maximum atomic E-state index is 11.5. The predicted octanol–water partition coefficient (Wildman–Crippen LogP) is 4.57. The van der Waals surface area contributed by atoms with Crippen molar-refractivity contribution in [3.05, 3.63) is 23.8 Å². The number of carbonyl (C=O) groups excluding carboxylic acids is 1. The molecule has 130 valence electrons. The number of carbonyl (C=O) groups is 1. The van der Waals surface area contributed by atoms with Crippen LogP contribution in [0.3, 0.4) is 0 Å². The second-order valence-electron chi connectivity index (χ2n) is 7.15. The van der Waals surface area contributed by atoms with Crippen molar-refractivity contribution in [2.75, 3.05) is 13.7 Å². The summed E-state index contributed by atoms with van der Waals surface area (Å²) in [6.45, 7) is 13.3. The highest BCUT2D eigenvalue weighted by atomic mass is 28.4. The lowest BCUT2D eigenvalue weighted by atomic mass is 10.1. The number of hydrogen-bond donors (Lipinski definition) is 0. The average molecular weight is 339 g/mol. The zero-order valence-electron chi connectivity index (χ0n) is 15.5. The molecule has 23 heavy (non-hydrogen) atoms. The number of hydrogen-bond acceptors (Lipinski definition) is 4. The predicted molar refractivity (Wildman–Crippen MR) is 95.8 cm³/mol. The monoisotopic (exact) mass is 338 g/mol. The maximum absolute atomic E-state index is 11.5. The fourth-order valence-corrected chi connectivity index (χ4v) is 2.88. The van der Waals surface area contributed by atoms with E-state index in [1.165, 1.54) is 0 Å². The Bertz CT molecular complexity index is 532. The summed E-state index contributed by atoms with van der Waals surface area (Å²) >= 11 is 0. The first-order valence-electron chi connectivity index (χ1n) is 8.12. The fraction of sp³-hybridized carbons (Fsp3) is 0.611. The molecule has 0 aliphatic heterocycles. The van der Waals surface area contributed by atoms with E-state index in [9.17, 15) is 4.79 Å². The molecule has 0 unspecified atom stereocenters. The summed E-state index contributed by atoms with van der Waals surface area (Å²) < 4.78 is 16.8. The van der Waals surface area contributed by atoms with E-state index in [0.29, 0.717) is 19.4 Å². The first kappa shape index (κ1) is 19.6. The topological polar surface area (TPSA) is 44.8 Å². The normalized spacial score (nSPS) is 12.0. The third kappa shape index (κ3) is 5.57. The summed E-state index contributed by atoms with van der Waals surface area (Å²) in [7, 11) is -0.270. The Morgan fingerprint density at radius 2 is 1.83 bits per heavy atom. The zero-order valence-corrected chi connectivity index (χ0v) is 16.5. The molecule has 4 nitrogen and oxygen atoms in total. The van der Waals surface area contributed by atoms with Crippen molar-refractivity contribution in [1.29, 1.82) is 0 Å². The van der Waals surface area contributed by atoms with E-state index in [1.54, 1.807) is 7.11 Å². The summed E-state index contributed by atoms with van der Waals surface area (Å²) in [4.78, 5) is 11.5. The quantitative estimate of drug-likeness (QED) is 0.539. The molecule has 1 aromatic rings. The van der Waals surface area contributed by atoms with Gasteiger partial charge in [-0.2, -0.15) is 0 Å². The Labute approximate surface area is 141 Å². The maximum Gasteiger partial charge on any atom is 0.306 e. The number of aryl methyl sites for hydroxylation is 1. The summed E-state index contributed by atoms with van der Waals surface area (Å²) in [6.07, 6.45) is 1.01. The zero-order chi connectivity index (χ0) is 17.7. The van der Waals surface area contributed by atoms with Gasteiger partial charge in [-0.25, -0.2) is 0 Å². The lowest BCUT2D eigenvalue weighted by molar-refractivity contribution is -0.143. The molecule has 0 aromatic heterocycles. The van der Waals surface area contributed by atoms with Crippen molar-refractivity contribution in [3.63, 3.8) is 0 Å². The van der Waals surface area contributed by atoms with E-state index in [4.69, 9.17) is 13.9 Å². The van der Waals surface area contributed by atoms with Crippen molar-refractivity contribution in [1.82, 2.24) is 0 Å². The van der Waals surface area contributed by atoms with E-state index in [0.717, 1.165) is 17.1 Å². The van der Waals surface area contributed by atoms with Crippen molar-refractivity contribution in [2.24, 2.45) is 0 Å². The molecule has 0 heterocycles. The molecule has 0 bridgehead atoms. The molecule has 1 rings (SSSR count). The first-order valence-corrected chi connectivity index (χ1v) is 11.0. The van der Waals surface area contributed by atoms with E-state index >= 15 is 0 Å². The molecule has 0 atom stereocenters. The summed E-state index contributed by atoms with van der Waals surface area (Å²) in [6, 6.07) is 5.88. The van der Waals surface area contributed by atoms with Crippen LogP contribution in [0.15, 0.2) is 18.2 Å². The minimum atomic E-state index is -1.91. The van der Waals surface area contributed by atoms with Gasteiger partial charge in [-0.15, -0.1) is 0 Å². The minimum Gasteiger partial charge on any atom is -0.541 e. The van der Waals surface area contributed by atoms with Crippen LogP contribution in [0.1, 0.15) is 39.7 Å². The van der Waals surface area contributed by atoms with Crippen LogP contribution in [0, 0.1) is 0 Å². The van der Waals surface area contributed by atoms with Crippen molar-refractivity contribution in [3.8, 4) is 11.5 Å². The van der Waals surface area contributed by atoms with Gasteiger partial charge in [-0.05, 0) is 49.2 Å². The number of esters is 1. The molecule has 0 spiro atoms. The molecule has 1 aromatic carbocycles. The Balaban J connectivity index is 2.86. The molecule has 0 N–H and O–H groups in total. The van der Waals surface area contributed by atoms with E-state index in [2.05, 4.69) is 33.9 Å². The molecule has 0 fully saturated rings. The number of rotatable bonds is 7. The number of ether oxygens (including phenoxy) is 2. The minimum absolute atomic E-state index is 0.126. The van der Waals surface area contributed by atoms with Crippen LogP contribution in [-0.2, 0) is 16.0 Å². The first-order chi connectivity index (χ1) is 10.6. The molecular formula is C18H30O4Si. The molecular weight excluding hydrogens is 308 g/mol. The molecule has 0 saturated carbocycles. The molecule has 0 saturated heterocycles. The van der Waals surface area contributed by atoms with E-state index in [1.807, 2.05) is 25.1 Å². The third-order valence-electron chi connectivity index (χ3n) is 4.32. The molecule has 0 aliphatic carbocycles. The van der Waals surface area contributed by atoms with Gasteiger partial charge in [0.1, 0.15) is 5.75 Å². The van der Waals surface area contributed by atoms with Crippen molar-refractivity contribution >= 4 is 14.3 Å². The van der Waals surface area contributed by atoms with Gasteiger partial charge in [0.05, 0.1) is 13.7 Å². The van der Waals surface area contributed by atoms with Crippen LogP contribution >= 0.6 is 0 Å².